The number of amides is 1. The van der Waals surface area contributed by atoms with E-state index in [4.69, 9.17) is 0 Å². The summed E-state index contributed by atoms with van der Waals surface area (Å²) in [5.41, 5.74) is 3.66. The summed E-state index contributed by atoms with van der Waals surface area (Å²) in [6, 6.07) is 5.62. The van der Waals surface area contributed by atoms with Gasteiger partial charge in [-0.3, -0.25) is 14.5 Å². The second kappa shape index (κ2) is 6.92. The normalized spacial score (nSPS) is 12.1. The number of aryl methyl sites for hydroxylation is 1. The molecule has 124 valence electrons. The van der Waals surface area contributed by atoms with Crippen molar-refractivity contribution in [1.82, 2.24) is 25.1 Å². The molecule has 0 radical (unpaired) electrons. The van der Waals surface area contributed by atoms with Crippen molar-refractivity contribution in [2.75, 3.05) is 0 Å². The van der Waals surface area contributed by atoms with Crippen LogP contribution >= 0.6 is 11.3 Å². The van der Waals surface area contributed by atoms with Crippen LogP contribution in [0.5, 0.6) is 0 Å². The predicted molar refractivity (Wildman–Crippen MR) is 93.6 cm³/mol. The van der Waals surface area contributed by atoms with Crippen molar-refractivity contribution in [3.63, 3.8) is 0 Å². The molecule has 6 nitrogen and oxygen atoms in total. The molecule has 1 N–H and O–H groups in total. The predicted octanol–water partition coefficient (Wildman–Crippen LogP) is 2.67. The van der Waals surface area contributed by atoms with Gasteiger partial charge in [0.15, 0.2) is 0 Å². The molecule has 0 unspecified atom stereocenters. The number of nitrogens with zero attached hydrogens (tertiary/aromatic N) is 4. The van der Waals surface area contributed by atoms with Gasteiger partial charge >= 0.3 is 0 Å². The van der Waals surface area contributed by atoms with Crippen LogP contribution in [0.15, 0.2) is 36.0 Å². The lowest BCUT2D eigenvalue weighted by Crippen LogP contribution is -2.28. The van der Waals surface area contributed by atoms with E-state index in [0.717, 1.165) is 27.7 Å². The molecule has 0 saturated heterocycles. The van der Waals surface area contributed by atoms with Crippen LogP contribution in [0.25, 0.3) is 10.7 Å². The Kier molecular flexibility index (Phi) is 4.71. The fourth-order valence-electron chi connectivity index (χ4n) is 2.47. The number of carbonyl (C=O) groups excluding carboxylic acids is 1. The summed E-state index contributed by atoms with van der Waals surface area (Å²) < 4.78 is 1.80. The second-order valence-electron chi connectivity index (χ2n) is 5.63. The minimum atomic E-state index is -0.0832. The lowest BCUT2D eigenvalue weighted by molar-refractivity contribution is -0.121. The first kappa shape index (κ1) is 16.3. The van der Waals surface area contributed by atoms with Crippen LogP contribution < -0.4 is 5.32 Å². The summed E-state index contributed by atoms with van der Waals surface area (Å²) in [6.45, 7) is 3.95. The number of aromatic nitrogens is 4. The third-order valence-corrected chi connectivity index (χ3v) is 4.81. The first-order valence-electron chi connectivity index (χ1n) is 7.68. The zero-order chi connectivity index (χ0) is 17.1. The van der Waals surface area contributed by atoms with E-state index in [9.17, 15) is 4.79 Å². The highest BCUT2D eigenvalue weighted by atomic mass is 32.1. The van der Waals surface area contributed by atoms with Crippen LogP contribution in [0.1, 0.15) is 29.9 Å². The largest absolute Gasteiger partial charge is 0.349 e. The van der Waals surface area contributed by atoms with Gasteiger partial charge in [-0.25, -0.2) is 4.98 Å². The number of thiazole rings is 1. The number of rotatable bonds is 5. The maximum Gasteiger partial charge on any atom is 0.226 e. The van der Waals surface area contributed by atoms with Crippen LogP contribution in [0.3, 0.4) is 0 Å². The van der Waals surface area contributed by atoms with Crippen molar-refractivity contribution in [3.05, 3.63) is 52.9 Å². The third-order valence-electron chi connectivity index (χ3n) is 3.89. The van der Waals surface area contributed by atoms with Crippen LogP contribution in [-0.2, 0) is 18.3 Å². The average Bonchev–Trinajstić information content (AvgIpc) is 3.16. The Bertz CT molecular complexity index is 840. The standard InChI is InChI=1S/C17H19N5OS/c1-11(14-9-19-22(3)12(14)2)20-16(23)8-13-10-24-17(21-13)15-6-4-5-7-18-15/h4-7,9-11H,8H2,1-3H3,(H,20,23)/t11-/m0/s1. The Hall–Kier alpha value is -2.54. The van der Waals surface area contributed by atoms with E-state index in [2.05, 4.69) is 20.4 Å². The molecule has 3 heterocycles. The van der Waals surface area contributed by atoms with E-state index in [1.807, 2.05) is 44.5 Å². The SMILES string of the molecule is Cc1c([C@H](C)NC(=O)Cc2csc(-c3ccccn3)n2)cnn1C. The minimum absolute atomic E-state index is 0.0522. The summed E-state index contributed by atoms with van der Waals surface area (Å²) >= 11 is 1.50. The maximum absolute atomic E-state index is 12.3. The van der Waals surface area contributed by atoms with Gasteiger partial charge in [-0.2, -0.15) is 5.10 Å². The van der Waals surface area contributed by atoms with E-state index < -0.39 is 0 Å². The van der Waals surface area contributed by atoms with E-state index in [1.54, 1.807) is 17.1 Å². The van der Waals surface area contributed by atoms with Gasteiger partial charge in [0.1, 0.15) is 5.01 Å². The molecule has 1 amide bonds. The van der Waals surface area contributed by atoms with Gasteiger partial charge in [-0.05, 0) is 26.0 Å². The molecule has 0 aliphatic heterocycles. The summed E-state index contributed by atoms with van der Waals surface area (Å²) in [7, 11) is 1.89. The highest BCUT2D eigenvalue weighted by molar-refractivity contribution is 7.13. The molecule has 0 saturated carbocycles. The molecular formula is C17H19N5OS. The molecule has 3 aromatic rings. The molecule has 0 spiro atoms. The number of pyridine rings is 1. The van der Waals surface area contributed by atoms with Crippen LogP contribution in [-0.4, -0.2) is 25.7 Å². The van der Waals surface area contributed by atoms with Gasteiger partial charge in [0.25, 0.3) is 0 Å². The molecule has 24 heavy (non-hydrogen) atoms. The maximum atomic E-state index is 12.3. The Morgan fingerprint density at radius 3 is 2.92 bits per heavy atom. The van der Waals surface area contributed by atoms with E-state index in [1.165, 1.54) is 11.3 Å². The Balaban J connectivity index is 1.63. The molecule has 0 bridgehead atoms. The average molecular weight is 341 g/mol. The highest BCUT2D eigenvalue weighted by Gasteiger charge is 2.16. The van der Waals surface area contributed by atoms with Gasteiger partial charge in [-0.1, -0.05) is 6.07 Å². The summed E-state index contributed by atoms with van der Waals surface area (Å²) in [5.74, 6) is -0.0522. The number of carbonyl (C=O) groups is 1. The topological polar surface area (TPSA) is 72.7 Å². The number of hydrogen-bond acceptors (Lipinski definition) is 5. The van der Waals surface area contributed by atoms with Gasteiger partial charge in [0, 0.05) is 29.9 Å². The monoisotopic (exact) mass is 341 g/mol. The van der Waals surface area contributed by atoms with E-state index in [0.29, 0.717) is 0 Å². The highest BCUT2D eigenvalue weighted by Crippen LogP contribution is 2.22. The lowest BCUT2D eigenvalue weighted by Gasteiger charge is -2.13. The smallest absolute Gasteiger partial charge is 0.226 e. The van der Waals surface area contributed by atoms with Gasteiger partial charge in [-0.15, -0.1) is 11.3 Å². The van der Waals surface area contributed by atoms with Gasteiger partial charge in [0.2, 0.25) is 5.91 Å². The Morgan fingerprint density at radius 2 is 2.25 bits per heavy atom. The van der Waals surface area contributed by atoms with Crippen molar-refractivity contribution in [1.29, 1.82) is 0 Å². The molecule has 0 aliphatic carbocycles. The quantitative estimate of drug-likeness (QED) is 0.774. The molecule has 0 aromatic carbocycles. The zero-order valence-electron chi connectivity index (χ0n) is 13.9. The number of hydrogen-bond donors (Lipinski definition) is 1. The molecule has 3 aromatic heterocycles. The minimum Gasteiger partial charge on any atom is -0.349 e. The molecule has 0 aliphatic rings. The fourth-order valence-corrected chi connectivity index (χ4v) is 3.27. The first-order valence-corrected chi connectivity index (χ1v) is 8.56. The van der Waals surface area contributed by atoms with Crippen molar-refractivity contribution in [2.24, 2.45) is 7.05 Å². The summed E-state index contributed by atoms with van der Waals surface area (Å²) in [4.78, 5) is 21.1. The molecular weight excluding hydrogens is 322 g/mol. The van der Waals surface area contributed by atoms with Gasteiger partial charge in [0.05, 0.1) is 30.0 Å². The molecule has 3 rings (SSSR count). The summed E-state index contributed by atoms with van der Waals surface area (Å²) in [5, 5.41) is 9.95. The van der Waals surface area contributed by atoms with Crippen LogP contribution in [0.4, 0.5) is 0 Å². The number of nitrogens with one attached hydrogen (secondary N) is 1. The molecule has 7 heteroatoms. The van der Waals surface area contributed by atoms with Crippen molar-refractivity contribution < 1.29 is 4.79 Å². The van der Waals surface area contributed by atoms with Crippen LogP contribution in [0, 0.1) is 6.92 Å². The Morgan fingerprint density at radius 1 is 1.42 bits per heavy atom. The van der Waals surface area contributed by atoms with Crippen molar-refractivity contribution >= 4 is 17.2 Å². The lowest BCUT2D eigenvalue weighted by atomic mass is 10.1. The van der Waals surface area contributed by atoms with Gasteiger partial charge < -0.3 is 5.32 Å². The fraction of sp³-hybridized carbons (Fsp3) is 0.294. The molecule has 1 atom stereocenters. The third kappa shape index (κ3) is 3.51. The van der Waals surface area contributed by atoms with E-state index >= 15 is 0 Å². The van der Waals surface area contributed by atoms with Crippen LogP contribution in [0.2, 0.25) is 0 Å². The first-order chi connectivity index (χ1) is 11.5. The van der Waals surface area contributed by atoms with Crippen molar-refractivity contribution in [2.45, 2.75) is 26.3 Å². The Labute approximate surface area is 144 Å². The molecule has 0 fully saturated rings. The zero-order valence-corrected chi connectivity index (χ0v) is 14.7. The van der Waals surface area contributed by atoms with Crippen molar-refractivity contribution in [3.8, 4) is 10.7 Å². The second-order valence-corrected chi connectivity index (χ2v) is 6.49. The summed E-state index contributed by atoms with van der Waals surface area (Å²) in [6.07, 6.45) is 3.79. The van der Waals surface area contributed by atoms with E-state index in [-0.39, 0.29) is 18.4 Å².